The molecule has 96 valence electrons. The van der Waals surface area contributed by atoms with Gasteiger partial charge in [0.25, 0.3) is 9.05 Å². The molecular formula is C11H11ClN2O3S. The van der Waals surface area contributed by atoms with Gasteiger partial charge in [-0.25, -0.2) is 13.1 Å². The second-order valence-electron chi connectivity index (χ2n) is 3.64. The number of methoxy groups -OCH3 is 1. The average Bonchev–Trinajstić information content (AvgIpc) is 2.71. The Hall–Kier alpha value is -1.53. The van der Waals surface area contributed by atoms with Crippen LogP contribution in [0.5, 0.6) is 5.75 Å². The van der Waals surface area contributed by atoms with Crippen LogP contribution in [-0.4, -0.2) is 25.3 Å². The van der Waals surface area contributed by atoms with Crippen LogP contribution in [0, 0.1) is 6.92 Å². The van der Waals surface area contributed by atoms with E-state index in [4.69, 9.17) is 15.4 Å². The van der Waals surface area contributed by atoms with Crippen molar-refractivity contribution in [1.29, 1.82) is 0 Å². The molecule has 0 atom stereocenters. The van der Waals surface area contributed by atoms with Gasteiger partial charge >= 0.3 is 0 Å². The maximum atomic E-state index is 11.3. The van der Waals surface area contributed by atoms with Crippen LogP contribution in [0.15, 0.2) is 35.4 Å². The van der Waals surface area contributed by atoms with E-state index in [0.717, 1.165) is 5.69 Å². The monoisotopic (exact) mass is 286 g/mol. The van der Waals surface area contributed by atoms with Crippen molar-refractivity contribution >= 4 is 19.7 Å². The summed E-state index contributed by atoms with van der Waals surface area (Å²) in [6.07, 6.45) is 1.24. The topological polar surface area (TPSA) is 61.2 Å². The van der Waals surface area contributed by atoms with E-state index in [1.54, 1.807) is 38.3 Å². The summed E-state index contributed by atoms with van der Waals surface area (Å²) >= 11 is 0. The lowest BCUT2D eigenvalue weighted by atomic mass is 10.3. The maximum absolute atomic E-state index is 11.3. The molecule has 0 amide bonds. The molecular weight excluding hydrogens is 276 g/mol. The number of ether oxygens (including phenoxy) is 1. The van der Waals surface area contributed by atoms with Gasteiger partial charge in [-0.05, 0) is 31.2 Å². The SMILES string of the molecule is COc1ccc(-n2ncc(S(=O)(=O)Cl)c2C)cc1. The summed E-state index contributed by atoms with van der Waals surface area (Å²) in [7, 11) is 3.12. The fourth-order valence-corrected chi connectivity index (χ4v) is 2.68. The standard InChI is InChI=1S/C11H11ClN2O3S/c1-8-11(18(12,15)16)7-13-14(8)9-3-5-10(17-2)6-4-9/h3-7H,1-2H3. The van der Waals surface area contributed by atoms with Crippen LogP contribution in [0.4, 0.5) is 0 Å². The molecule has 0 aliphatic carbocycles. The average molecular weight is 287 g/mol. The fourth-order valence-electron chi connectivity index (χ4n) is 1.62. The molecule has 0 aliphatic heterocycles. The number of hydrogen-bond donors (Lipinski definition) is 0. The lowest BCUT2D eigenvalue weighted by Crippen LogP contribution is -2.00. The zero-order chi connectivity index (χ0) is 13.3. The van der Waals surface area contributed by atoms with E-state index in [0.29, 0.717) is 11.4 Å². The second kappa shape index (κ2) is 4.62. The number of halogens is 1. The molecule has 0 unspecified atom stereocenters. The minimum Gasteiger partial charge on any atom is -0.497 e. The highest BCUT2D eigenvalue weighted by Gasteiger charge is 2.18. The Morgan fingerprint density at radius 1 is 1.28 bits per heavy atom. The van der Waals surface area contributed by atoms with Gasteiger partial charge in [0.15, 0.2) is 0 Å². The third-order valence-corrected chi connectivity index (χ3v) is 3.97. The van der Waals surface area contributed by atoms with Crippen molar-refractivity contribution in [2.45, 2.75) is 11.8 Å². The highest BCUT2D eigenvalue weighted by molar-refractivity contribution is 8.13. The van der Waals surface area contributed by atoms with Crippen molar-refractivity contribution in [3.63, 3.8) is 0 Å². The van der Waals surface area contributed by atoms with Gasteiger partial charge in [-0.1, -0.05) is 0 Å². The Labute approximate surface area is 109 Å². The highest BCUT2D eigenvalue weighted by atomic mass is 35.7. The molecule has 1 aromatic heterocycles. The van der Waals surface area contributed by atoms with Gasteiger partial charge < -0.3 is 4.74 Å². The molecule has 2 rings (SSSR count). The van der Waals surface area contributed by atoms with Crippen LogP contribution in [0.25, 0.3) is 5.69 Å². The number of rotatable bonds is 3. The third-order valence-electron chi connectivity index (χ3n) is 2.54. The molecule has 1 heterocycles. The summed E-state index contributed by atoms with van der Waals surface area (Å²) in [4.78, 5) is 0.0139. The van der Waals surface area contributed by atoms with Gasteiger partial charge in [-0.3, -0.25) is 0 Å². The van der Waals surface area contributed by atoms with E-state index in [1.807, 2.05) is 0 Å². The minimum atomic E-state index is -3.77. The van der Waals surface area contributed by atoms with Crippen molar-refractivity contribution < 1.29 is 13.2 Å². The normalized spacial score (nSPS) is 11.5. The molecule has 0 N–H and O–H groups in total. The van der Waals surface area contributed by atoms with Crippen molar-refractivity contribution in [3.8, 4) is 11.4 Å². The quantitative estimate of drug-likeness (QED) is 0.811. The largest absolute Gasteiger partial charge is 0.497 e. The Balaban J connectivity index is 2.49. The van der Waals surface area contributed by atoms with Crippen LogP contribution in [0.1, 0.15) is 5.69 Å². The van der Waals surface area contributed by atoms with Gasteiger partial charge in [-0.2, -0.15) is 5.10 Å². The number of nitrogens with zero attached hydrogens (tertiary/aromatic N) is 2. The first-order chi connectivity index (χ1) is 8.43. The van der Waals surface area contributed by atoms with Gasteiger partial charge in [0.2, 0.25) is 0 Å². The Bertz CT molecular complexity index is 662. The smallest absolute Gasteiger partial charge is 0.264 e. The first kappa shape index (κ1) is 12.9. The Kier molecular flexibility index (Phi) is 3.32. The van der Waals surface area contributed by atoms with Crippen LogP contribution in [-0.2, 0) is 9.05 Å². The van der Waals surface area contributed by atoms with Crippen molar-refractivity contribution in [1.82, 2.24) is 9.78 Å². The number of benzene rings is 1. The molecule has 2 aromatic rings. The lowest BCUT2D eigenvalue weighted by molar-refractivity contribution is 0.414. The zero-order valence-electron chi connectivity index (χ0n) is 9.79. The van der Waals surface area contributed by atoms with Gasteiger partial charge in [-0.15, -0.1) is 0 Å². The van der Waals surface area contributed by atoms with Crippen molar-refractivity contribution in [3.05, 3.63) is 36.2 Å². The predicted octanol–water partition coefficient (Wildman–Crippen LogP) is 2.12. The van der Waals surface area contributed by atoms with E-state index in [1.165, 1.54) is 10.9 Å². The van der Waals surface area contributed by atoms with E-state index in [9.17, 15) is 8.42 Å². The molecule has 0 saturated heterocycles. The summed E-state index contributed by atoms with van der Waals surface area (Å²) in [6.45, 7) is 1.65. The molecule has 18 heavy (non-hydrogen) atoms. The molecule has 0 saturated carbocycles. The molecule has 1 aromatic carbocycles. The van der Waals surface area contributed by atoms with E-state index >= 15 is 0 Å². The first-order valence-corrected chi connectivity index (χ1v) is 7.38. The van der Waals surface area contributed by atoms with Crippen LogP contribution in [0.3, 0.4) is 0 Å². The minimum absolute atomic E-state index is 0.0139. The van der Waals surface area contributed by atoms with Gasteiger partial charge in [0, 0.05) is 10.7 Å². The number of hydrogen-bond acceptors (Lipinski definition) is 4. The third kappa shape index (κ3) is 2.34. The molecule has 7 heteroatoms. The zero-order valence-corrected chi connectivity index (χ0v) is 11.4. The lowest BCUT2D eigenvalue weighted by Gasteiger charge is -2.05. The van der Waals surface area contributed by atoms with Crippen LogP contribution < -0.4 is 4.74 Å². The van der Waals surface area contributed by atoms with Crippen molar-refractivity contribution in [2.75, 3.05) is 7.11 Å². The van der Waals surface area contributed by atoms with Crippen LogP contribution >= 0.6 is 10.7 Å². The Morgan fingerprint density at radius 2 is 1.89 bits per heavy atom. The molecule has 0 radical (unpaired) electrons. The molecule has 5 nitrogen and oxygen atoms in total. The van der Waals surface area contributed by atoms with Gasteiger partial charge in [0.1, 0.15) is 10.6 Å². The van der Waals surface area contributed by atoms with Gasteiger partial charge in [0.05, 0.1) is 24.7 Å². The van der Waals surface area contributed by atoms with Crippen molar-refractivity contribution in [2.24, 2.45) is 0 Å². The Morgan fingerprint density at radius 3 is 2.33 bits per heavy atom. The summed E-state index contributed by atoms with van der Waals surface area (Å²) < 4.78 is 29.1. The maximum Gasteiger partial charge on any atom is 0.264 e. The summed E-state index contributed by atoms with van der Waals surface area (Å²) in [5.74, 6) is 0.716. The second-order valence-corrected chi connectivity index (χ2v) is 6.18. The number of aromatic nitrogens is 2. The molecule has 0 fully saturated rings. The van der Waals surface area contributed by atoms with E-state index in [-0.39, 0.29) is 4.90 Å². The van der Waals surface area contributed by atoms with Crippen LogP contribution in [0.2, 0.25) is 0 Å². The molecule has 0 aliphatic rings. The fraction of sp³-hybridized carbons (Fsp3) is 0.182. The first-order valence-electron chi connectivity index (χ1n) is 5.07. The predicted molar refractivity (Wildman–Crippen MR) is 67.9 cm³/mol. The highest BCUT2D eigenvalue weighted by Crippen LogP contribution is 2.22. The molecule has 0 spiro atoms. The summed E-state index contributed by atoms with van der Waals surface area (Å²) in [6, 6.07) is 7.10. The van der Waals surface area contributed by atoms with E-state index in [2.05, 4.69) is 5.10 Å². The van der Waals surface area contributed by atoms with E-state index < -0.39 is 9.05 Å². The summed E-state index contributed by atoms with van der Waals surface area (Å²) in [5.41, 5.74) is 1.20. The summed E-state index contributed by atoms with van der Waals surface area (Å²) in [5, 5.41) is 4.02. The molecule has 0 bridgehead atoms.